The maximum atomic E-state index is 13.7. The van der Waals surface area contributed by atoms with Crippen molar-refractivity contribution in [3.8, 4) is 0 Å². The van der Waals surface area contributed by atoms with Crippen molar-refractivity contribution in [1.29, 1.82) is 0 Å². The Morgan fingerprint density at radius 3 is 2.76 bits per heavy atom. The lowest BCUT2D eigenvalue weighted by atomic mass is 10.1. The van der Waals surface area contributed by atoms with Crippen molar-refractivity contribution in [2.75, 3.05) is 18.4 Å². The first-order valence-electron chi connectivity index (χ1n) is 9.42. The minimum Gasteiger partial charge on any atom is -0.365 e. The molecule has 3 heterocycles. The first-order valence-corrected chi connectivity index (χ1v) is 10.9. The van der Waals surface area contributed by atoms with E-state index in [4.69, 9.17) is 4.98 Å². The molecule has 2 aromatic carbocycles. The Labute approximate surface area is 167 Å². The van der Waals surface area contributed by atoms with Crippen LogP contribution in [-0.4, -0.2) is 36.5 Å². The van der Waals surface area contributed by atoms with Gasteiger partial charge in [0.25, 0.3) is 10.0 Å². The van der Waals surface area contributed by atoms with Crippen LogP contribution >= 0.6 is 0 Å². The van der Waals surface area contributed by atoms with Crippen LogP contribution in [0.4, 0.5) is 10.2 Å². The molecule has 6 nitrogen and oxygen atoms in total. The third-order valence-electron chi connectivity index (χ3n) is 5.25. The number of nitrogens with zero attached hydrogens (tertiary/aromatic N) is 2. The van der Waals surface area contributed by atoms with Gasteiger partial charge in [-0.1, -0.05) is 24.3 Å². The number of halogens is 1. The largest absolute Gasteiger partial charge is 0.365 e. The van der Waals surface area contributed by atoms with Gasteiger partial charge in [0.2, 0.25) is 0 Å². The average molecular weight is 410 g/mol. The Morgan fingerprint density at radius 1 is 1.10 bits per heavy atom. The van der Waals surface area contributed by atoms with Crippen molar-refractivity contribution < 1.29 is 12.8 Å². The van der Waals surface area contributed by atoms with Crippen LogP contribution in [0.15, 0.2) is 65.7 Å². The molecule has 0 amide bonds. The van der Waals surface area contributed by atoms with Crippen LogP contribution in [0.3, 0.4) is 0 Å². The van der Waals surface area contributed by atoms with Crippen LogP contribution in [0.5, 0.6) is 0 Å². The summed E-state index contributed by atoms with van der Waals surface area (Å²) in [5.41, 5.74) is 1.23. The Balaban J connectivity index is 1.76. The number of benzene rings is 2. The second-order valence-electron chi connectivity index (χ2n) is 7.15. The monoisotopic (exact) mass is 410 g/mol. The van der Waals surface area contributed by atoms with Gasteiger partial charge in [-0.05, 0) is 43.3 Å². The number of anilines is 1. The molecule has 148 valence electrons. The first kappa shape index (κ1) is 18.1. The van der Waals surface area contributed by atoms with E-state index < -0.39 is 15.8 Å². The zero-order valence-electron chi connectivity index (χ0n) is 15.5. The molecule has 0 radical (unpaired) electrons. The van der Waals surface area contributed by atoms with Crippen LogP contribution in [0.2, 0.25) is 0 Å². The van der Waals surface area contributed by atoms with E-state index in [1.807, 2.05) is 24.3 Å². The molecule has 0 unspecified atom stereocenters. The van der Waals surface area contributed by atoms with Crippen LogP contribution in [0, 0.1) is 5.82 Å². The fourth-order valence-electron chi connectivity index (χ4n) is 3.84. The Hall–Kier alpha value is -2.97. The minimum absolute atomic E-state index is 0.0922. The molecule has 0 bridgehead atoms. The second-order valence-corrected chi connectivity index (χ2v) is 8.96. The van der Waals surface area contributed by atoms with Gasteiger partial charge in [0.1, 0.15) is 11.6 Å². The molecule has 1 atom stereocenters. The number of fused-ring (bicyclic) bond motifs is 3. The molecule has 2 aromatic heterocycles. The van der Waals surface area contributed by atoms with E-state index in [2.05, 4.69) is 10.6 Å². The standard InChI is InChI=1S/C21H19FN4O2S/c22-14-4-3-5-16(12-14)29(27,28)26-11-9-18-20(26)17-6-1-2-7-19(17)25-21(18)24-15-8-10-23-13-15/h1-7,9,11-12,15,23H,8,10,13H2,(H,24,25)/t15-/m1/s1. The highest BCUT2D eigenvalue weighted by Gasteiger charge is 2.24. The highest BCUT2D eigenvalue weighted by atomic mass is 32.2. The molecular weight excluding hydrogens is 391 g/mol. The topological polar surface area (TPSA) is 76.0 Å². The van der Waals surface area contributed by atoms with Crippen molar-refractivity contribution in [2.45, 2.75) is 17.4 Å². The fourth-order valence-corrected chi connectivity index (χ4v) is 5.24. The maximum absolute atomic E-state index is 13.7. The molecule has 0 aliphatic carbocycles. The van der Waals surface area contributed by atoms with Gasteiger partial charge in [-0.25, -0.2) is 21.8 Å². The molecular formula is C21H19FN4O2S. The Morgan fingerprint density at radius 2 is 1.97 bits per heavy atom. The highest BCUT2D eigenvalue weighted by molar-refractivity contribution is 7.90. The summed E-state index contributed by atoms with van der Waals surface area (Å²) in [4.78, 5) is 4.65. The van der Waals surface area contributed by atoms with Crippen LogP contribution in [-0.2, 0) is 10.0 Å². The SMILES string of the molecule is O=S(=O)(c1cccc(F)c1)n1ccc2c(N[C@@H]3CCNC3)nc3ccccc3c21. The third kappa shape index (κ3) is 3.04. The number of nitrogens with one attached hydrogen (secondary N) is 2. The third-order valence-corrected chi connectivity index (χ3v) is 6.92. The summed E-state index contributed by atoms with van der Waals surface area (Å²) >= 11 is 0. The minimum atomic E-state index is -3.97. The van der Waals surface area contributed by atoms with Crippen molar-refractivity contribution in [2.24, 2.45) is 0 Å². The zero-order valence-corrected chi connectivity index (χ0v) is 16.3. The summed E-state index contributed by atoms with van der Waals surface area (Å²) in [5.74, 6) is 0.0609. The smallest absolute Gasteiger partial charge is 0.268 e. The molecule has 0 saturated carbocycles. The van der Waals surface area contributed by atoms with E-state index in [9.17, 15) is 12.8 Å². The molecule has 0 spiro atoms. The summed E-state index contributed by atoms with van der Waals surface area (Å²) in [6.45, 7) is 1.77. The molecule has 1 aliphatic heterocycles. The van der Waals surface area contributed by atoms with Crippen LogP contribution in [0.1, 0.15) is 6.42 Å². The number of rotatable bonds is 4. The van der Waals surface area contributed by atoms with Gasteiger partial charge in [0, 0.05) is 29.6 Å². The van der Waals surface area contributed by atoms with E-state index in [-0.39, 0.29) is 10.9 Å². The lowest BCUT2D eigenvalue weighted by molar-refractivity contribution is 0.584. The van der Waals surface area contributed by atoms with Crippen molar-refractivity contribution in [1.82, 2.24) is 14.3 Å². The van der Waals surface area contributed by atoms with Crippen LogP contribution in [0.25, 0.3) is 21.8 Å². The second kappa shape index (κ2) is 6.82. The Bertz CT molecular complexity index is 1330. The van der Waals surface area contributed by atoms with Gasteiger partial charge >= 0.3 is 0 Å². The highest BCUT2D eigenvalue weighted by Crippen LogP contribution is 2.33. The summed E-state index contributed by atoms with van der Waals surface area (Å²) in [6, 6.07) is 14.5. The van der Waals surface area contributed by atoms with E-state index in [1.165, 1.54) is 28.4 Å². The average Bonchev–Trinajstić information content (AvgIpc) is 3.38. The lowest BCUT2D eigenvalue weighted by Crippen LogP contribution is -2.22. The predicted molar refractivity (Wildman–Crippen MR) is 111 cm³/mol. The molecule has 5 rings (SSSR count). The molecule has 1 saturated heterocycles. The maximum Gasteiger partial charge on any atom is 0.268 e. The zero-order chi connectivity index (χ0) is 20.0. The van der Waals surface area contributed by atoms with Gasteiger partial charge in [0.15, 0.2) is 0 Å². The van der Waals surface area contributed by atoms with Crippen LogP contribution < -0.4 is 10.6 Å². The number of hydrogen-bond donors (Lipinski definition) is 2. The summed E-state index contributed by atoms with van der Waals surface area (Å²) in [7, 11) is -3.97. The molecule has 1 aliphatic rings. The molecule has 1 fully saturated rings. The predicted octanol–water partition coefficient (Wildman–Crippen LogP) is 3.34. The first-order chi connectivity index (χ1) is 14.0. The number of para-hydroxylation sites is 1. The quantitative estimate of drug-likeness (QED) is 0.540. The summed E-state index contributed by atoms with van der Waals surface area (Å²) < 4.78 is 41.5. The molecule has 4 aromatic rings. The van der Waals surface area contributed by atoms with E-state index in [0.29, 0.717) is 16.9 Å². The normalized spacial score (nSPS) is 17.2. The Kier molecular flexibility index (Phi) is 4.25. The van der Waals surface area contributed by atoms with Gasteiger partial charge in [-0.2, -0.15) is 0 Å². The van der Waals surface area contributed by atoms with Gasteiger partial charge < -0.3 is 10.6 Å². The molecule has 29 heavy (non-hydrogen) atoms. The molecule has 8 heteroatoms. The number of pyridine rings is 1. The van der Waals surface area contributed by atoms with Crippen molar-refractivity contribution >= 4 is 37.6 Å². The van der Waals surface area contributed by atoms with Gasteiger partial charge in [-0.15, -0.1) is 0 Å². The van der Waals surface area contributed by atoms with E-state index in [0.717, 1.165) is 36.3 Å². The number of hydrogen-bond acceptors (Lipinski definition) is 5. The molecule has 2 N–H and O–H groups in total. The summed E-state index contributed by atoms with van der Waals surface area (Å²) in [5, 5.41) is 8.20. The lowest BCUT2D eigenvalue weighted by Gasteiger charge is -2.15. The van der Waals surface area contributed by atoms with E-state index in [1.54, 1.807) is 6.07 Å². The van der Waals surface area contributed by atoms with E-state index >= 15 is 0 Å². The summed E-state index contributed by atoms with van der Waals surface area (Å²) in [6.07, 6.45) is 2.48. The van der Waals surface area contributed by atoms with Crippen molar-refractivity contribution in [3.63, 3.8) is 0 Å². The van der Waals surface area contributed by atoms with Gasteiger partial charge in [-0.3, -0.25) is 0 Å². The fraction of sp³-hybridized carbons (Fsp3) is 0.190. The van der Waals surface area contributed by atoms with Gasteiger partial charge in [0.05, 0.1) is 15.9 Å². The van der Waals surface area contributed by atoms with Crippen molar-refractivity contribution in [3.05, 3.63) is 66.6 Å². The number of aromatic nitrogens is 2.